The zero-order valence-corrected chi connectivity index (χ0v) is 12.2. The first-order valence-electron chi connectivity index (χ1n) is 6.93. The summed E-state index contributed by atoms with van der Waals surface area (Å²) in [6, 6.07) is 4.65. The quantitative estimate of drug-likeness (QED) is 0.751. The molecule has 2 amide bonds. The Morgan fingerprint density at radius 3 is 2.67 bits per heavy atom. The minimum atomic E-state index is -0.896. The van der Waals surface area contributed by atoms with Gasteiger partial charge in [-0.05, 0) is 49.4 Å². The molecule has 1 saturated carbocycles. The van der Waals surface area contributed by atoms with Gasteiger partial charge in [-0.3, -0.25) is 4.79 Å². The predicted molar refractivity (Wildman–Crippen MR) is 78.7 cm³/mol. The summed E-state index contributed by atoms with van der Waals surface area (Å²) in [7, 11) is 1.59. The normalized spacial score (nSPS) is 15.1. The van der Waals surface area contributed by atoms with E-state index in [0.29, 0.717) is 5.69 Å². The van der Waals surface area contributed by atoms with Crippen LogP contribution in [0.25, 0.3) is 0 Å². The molecule has 0 bridgehead atoms. The number of carbonyl (C=O) groups is 2. The van der Waals surface area contributed by atoms with Crippen molar-refractivity contribution in [1.82, 2.24) is 5.32 Å². The van der Waals surface area contributed by atoms with Gasteiger partial charge in [0, 0.05) is 11.7 Å². The number of urea groups is 1. The molecular formula is C15H20N2O4. The van der Waals surface area contributed by atoms with Crippen LogP contribution in [0.15, 0.2) is 18.2 Å². The summed E-state index contributed by atoms with van der Waals surface area (Å²) < 4.78 is 5.16. The SMILES string of the molecule is COc1ccc(NC(=O)NC(CC(=O)O)C2CC2)cc1C. The second kappa shape index (κ2) is 6.47. The number of nitrogens with one attached hydrogen (secondary N) is 2. The van der Waals surface area contributed by atoms with Gasteiger partial charge in [0.25, 0.3) is 0 Å². The number of carboxylic acid groups (broad SMARTS) is 1. The van der Waals surface area contributed by atoms with E-state index in [4.69, 9.17) is 9.84 Å². The summed E-state index contributed by atoms with van der Waals surface area (Å²) in [5.74, 6) is 0.139. The highest BCUT2D eigenvalue weighted by atomic mass is 16.5. The molecule has 1 aromatic carbocycles. The number of benzene rings is 1. The van der Waals surface area contributed by atoms with Gasteiger partial charge in [-0.2, -0.15) is 0 Å². The van der Waals surface area contributed by atoms with Gasteiger partial charge in [0.2, 0.25) is 0 Å². The Balaban J connectivity index is 1.94. The van der Waals surface area contributed by atoms with Crippen LogP contribution in [0.5, 0.6) is 5.75 Å². The van der Waals surface area contributed by atoms with E-state index in [2.05, 4.69) is 10.6 Å². The minimum Gasteiger partial charge on any atom is -0.496 e. The second-order valence-corrected chi connectivity index (χ2v) is 5.32. The molecule has 0 saturated heterocycles. The molecule has 1 fully saturated rings. The number of amides is 2. The molecule has 0 spiro atoms. The fourth-order valence-corrected chi connectivity index (χ4v) is 2.31. The van der Waals surface area contributed by atoms with Gasteiger partial charge in [0.05, 0.1) is 13.5 Å². The fourth-order valence-electron chi connectivity index (χ4n) is 2.31. The Hall–Kier alpha value is -2.24. The maximum Gasteiger partial charge on any atom is 0.319 e. The van der Waals surface area contributed by atoms with Gasteiger partial charge < -0.3 is 20.5 Å². The van der Waals surface area contributed by atoms with Gasteiger partial charge >= 0.3 is 12.0 Å². The molecule has 0 heterocycles. The van der Waals surface area contributed by atoms with E-state index in [1.165, 1.54) is 0 Å². The molecule has 1 aromatic rings. The summed E-state index contributed by atoms with van der Waals surface area (Å²) in [6.45, 7) is 1.89. The molecule has 1 atom stereocenters. The van der Waals surface area contributed by atoms with Crippen LogP contribution in [-0.4, -0.2) is 30.3 Å². The van der Waals surface area contributed by atoms with Crippen LogP contribution in [0, 0.1) is 12.8 Å². The lowest BCUT2D eigenvalue weighted by molar-refractivity contribution is -0.137. The van der Waals surface area contributed by atoms with Gasteiger partial charge in [-0.25, -0.2) is 4.79 Å². The topological polar surface area (TPSA) is 87.7 Å². The number of hydrogen-bond donors (Lipinski definition) is 3. The molecule has 6 heteroatoms. The zero-order valence-electron chi connectivity index (χ0n) is 12.2. The van der Waals surface area contributed by atoms with Crippen LogP contribution >= 0.6 is 0 Å². The molecule has 3 N–H and O–H groups in total. The van der Waals surface area contributed by atoms with Crippen molar-refractivity contribution in [1.29, 1.82) is 0 Å². The first-order chi connectivity index (χ1) is 9.99. The first-order valence-corrected chi connectivity index (χ1v) is 6.93. The lowest BCUT2D eigenvalue weighted by atomic mass is 10.1. The van der Waals surface area contributed by atoms with Crippen LogP contribution in [0.1, 0.15) is 24.8 Å². The van der Waals surface area contributed by atoms with Crippen LogP contribution < -0.4 is 15.4 Å². The minimum absolute atomic E-state index is 0.0419. The molecule has 0 radical (unpaired) electrons. The Labute approximate surface area is 123 Å². The summed E-state index contributed by atoms with van der Waals surface area (Å²) in [5.41, 5.74) is 1.57. The van der Waals surface area contributed by atoms with Crippen molar-refractivity contribution in [2.24, 2.45) is 5.92 Å². The lowest BCUT2D eigenvalue weighted by Crippen LogP contribution is -2.40. The van der Waals surface area contributed by atoms with Gasteiger partial charge in [-0.1, -0.05) is 0 Å². The van der Waals surface area contributed by atoms with Gasteiger partial charge in [-0.15, -0.1) is 0 Å². The number of carboxylic acids is 1. The van der Waals surface area contributed by atoms with E-state index in [9.17, 15) is 9.59 Å². The van der Waals surface area contributed by atoms with E-state index < -0.39 is 5.97 Å². The standard InChI is InChI=1S/C15H20N2O4/c1-9-7-11(5-6-13(9)21-2)16-15(20)17-12(8-14(18)19)10-3-4-10/h5-7,10,12H,3-4,8H2,1-2H3,(H,18,19)(H2,16,17,20). The van der Waals surface area contributed by atoms with Crippen LogP contribution in [0.4, 0.5) is 10.5 Å². The summed E-state index contributed by atoms with van der Waals surface area (Å²) in [6.07, 6.45) is 1.90. The van der Waals surface area contributed by atoms with Gasteiger partial charge in [0.1, 0.15) is 5.75 Å². The fraction of sp³-hybridized carbons (Fsp3) is 0.467. The third-order valence-electron chi connectivity index (χ3n) is 3.55. The molecule has 6 nitrogen and oxygen atoms in total. The Morgan fingerprint density at radius 2 is 2.14 bits per heavy atom. The number of carbonyl (C=O) groups excluding carboxylic acids is 1. The number of anilines is 1. The van der Waals surface area contributed by atoms with Crippen molar-refractivity contribution in [3.8, 4) is 5.75 Å². The first kappa shape index (κ1) is 15.2. The zero-order chi connectivity index (χ0) is 15.4. The summed E-state index contributed by atoms with van der Waals surface area (Å²) in [5, 5.41) is 14.3. The molecule has 114 valence electrons. The predicted octanol–water partition coefficient (Wildman–Crippen LogP) is 2.38. The summed E-state index contributed by atoms with van der Waals surface area (Å²) in [4.78, 5) is 22.8. The van der Waals surface area contributed by atoms with Crippen molar-refractivity contribution in [2.75, 3.05) is 12.4 Å². The number of ether oxygens (including phenoxy) is 1. The highest BCUT2D eigenvalue weighted by molar-refractivity contribution is 5.90. The van der Waals surface area contributed by atoms with Crippen molar-refractivity contribution in [3.05, 3.63) is 23.8 Å². The molecular weight excluding hydrogens is 272 g/mol. The molecule has 21 heavy (non-hydrogen) atoms. The lowest BCUT2D eigenvalue weighted by Gasteiger charge is -2.17. The molecule has 1 aliphatic rings. The van der Waals surface area contributed by atoms with Crippen molar-refractivity contribution >= 4 is 17.7 Å². The maximum atomic E-state index is 12.0. The number of rotatable bonds is 6. The molecule has 0 aliphatic heterocycles. The van der Waals surface area contributed by atoms with E-state index in [1.54, 1.807) is 19.2 Å². The molecule has 0 aromatic heterocycles. The molecule has 1 unspecified atom stereocenters. The van der Waals surface area contributed by atoms with E-state index in [-0.39, 0.29) is 24.4 Å². The molecule has 1 aliphatic carbocycles. The molecule has 2 rings (SSSR count). The van der Waals surface area contributed by atoms with Crippen molar-refractivity contribution in [2.45, 2.75) is 32.2 Å². The number of methoxy groups -OCH3 is 1. The maximum absolute atomic E-state index is 12.0. The second-order valence-electron chi connectivity index (χ2n) is 5.32. The van der Waals surface area contributed by atoms with E-state index in [1.807, 2.05) is 13.0 Å². The monoisotopic (exact) mass is 292 g/mol. The van der Waals surface area contributed by atoms with Crippen LogP contribution in [0.2, 0.25) is 0 Å². The van der Waals surface area contributed by atoms with E-state index >= 15 is 0 Å². The van der Waals surface area contributed by atoms with Crippen LogP contribution in [0.3, 0.4) is 0 Å². The highest BCUT2D eigenvalue weighted by Gasteiger charge is 2.33. The van der Waals surface area contributed by atoms with Crippen molar-refractivity contribution < 1.29 is 19.4 Å². The van der Waals surface area contributed by atoms with E-state index in [0.717, 1.165) is 24.2 Å². The Kier molecular flexibility index (Phi) is 4.67. The smallest absolute Gasteiger partial charge is 0.319 e. The summed E-state index contributed by atoms with van der Waals surface area (Å²) >= 11 is 0. The average Bonchev–Trinajstić information content (AvgIpc) is 3.21. The van der Waals surface area contributed by atoms with Crippen LogP contribution in [-0.2, 0) is 4.79 Å². The highest BCUT2D eigenvalue weighted by Crippen LogP contribution is 2.34. The third kappa shape index (κ3) is 4.37. The average molecular weight is 292 g/mol. The van der Waals surface area contributed by atoms with Gasteiger partial charge in [0.15, 0.2) is 0 Å². The number of aryl methyl sites for hydroxylation is 1. The van der Waals surface area contributed by atoms with Crippen molar-refractivity contribution in [3.63, 3.8) is 0 Å². The Bertz CT molecular complexity index is 540. The number of hydrogen-bond acceptors (Lipinski definition) is 3. The third-order valence-corrected chi connectivity index (χ3v) is 3.55. The largest absolute Gasteiger partial charge is 0.496 e. The Morgan fingerprint density at radius 1 is 1.43 bits per heavy atom. The number of aliphatic carboxylic acids is 1.